The van der Waals surface area contributed by atoms with Crippen molar-refractivity contribution in [2.24, 2.45) is 0 Å². The lowest BCUT2D eigenvalue weighted by molar-refractivity contribution is -0.196. The van der Waals surface area contributed by atoms with Gasteiger partial charge in [-0.2, -0.15) is 0 Å². The number of aromatic hydroxyl groups is 1. The van der Waals surface area contributed by atoms with Gasteiger partial charge in [0.15, 0.2) is 5.60 Å². The van der Waals surface area contributed by atoms with Crippen molar-refractivity contribution in [3.8, 4) is 5.75 Å². The molecule has 1 aliphatic rings. The Morgan fingerprint density at radius 3 is 2.56 bits per heavy atom. The van der Waals surface area contributed by atoms with Crippen molar-refractivity contribution < 1.29 is 39.9 Å². The Balaban J connectivity index is 2.06. The number of aliphatic carboxylic acids is 1. The molecule has 0 spiro atoms. The van der Waals surface area contributed by atoms with Crippen LogP contribution in [0.2, 0.25) is 0 Å². The molecule has 1 saturated carbocycles. The molecule has 8 nitrogen and oxygen atoms in total. The number of carboxylic acids is 1. The van der Waals surface area contributed by atoms with E-state index in [1.54, 1.807) is 19.1 Å². The van der Waals surface area contributed by atoms with Crippen LogP contribution in [-0.2, 0) is 14.3 Å². The molecule has 5 N–H and O–H groups in total. The van der Waals surface area contributed by atoms with E-state index in [-0.39, 0.29) is 5.75 Å². The Labute approximate surface area is 143 Å². The van der Waals surface area contributed by atoms with Gasteiger partial charge in [0.05, 0.1) is 6.10 Å². The lowest BCUT2D eigenvalue weighted by Crippen LogP contribution is -2.57. The number of carboxylic acid groups (broad SMARTS) is 1. The zero-order chi connectivity index (χ0) is 18.8. The quantitative estimate of drug-likeness (QED) is 0.375. The maximum absolute atomic E-state index is 11.9. The van der Waals surface area contributed by atoms with Crippen molar-refractivity contribution in [1.82, 2.24) is 0 Å². The molecule has 1 aromatic rings. The van der Waals surface area contributed by atoms with Gasteiger partial charge in [-0.05, 0) is 30.2 Å². The van der Waals surface area contributed by atoms with Crippen LogP contribution in [0.5, 0.6) is 5.75 Å². The molecule has 0 unspecified atom stereocenters. The number of carbonyl (C=O) groups excluding carboxylic acids is 1. The third kappa shape index (κ3) is 4.36. The fraction of sp³-hybridized carbons (Fsp3) is 0.412. The number of hydrogen-bond acceptors (Lipinski definition) is 7. The second-order valence-corrected chi connectivity index (χ2v) is 6.16. The van der Waals surface area contributed by atoms with Gasteiger partial charge < -0.3 is 30.3 Å². The molecule has 8 heteroatoms. The van der Waals surface area contributed by atoms with Gasteiger partial charge in [0.2, 0.25) is 0 Å². The Morgan fingerprint density at radius 1 is 1.28 bits per heavy atom. The Hall–Kier alpha value is -2.42. The molecule has 0 heterocycles. The van der Waals surface area contributed by atoms with Gasteiger partial charge in [0.1, 0.15) is 18.0 Å². The molecule has 0 saturated heterocycles. The maximum atomic E-state index is 11.9. The predicted molar refractivity (Wildman–Crippen MR) is 85.6 cm³/mol. The number of esters is 1. The fourth-order valence-electron chi connectivity index (χ4n) is 2.62. The van der Waals surface area contributed by atoms with Gasteiger partial charge in [-0.25, -0.2) is 9.59 Å². The number of hydrogen-bond donors (Lipinski definition) is 5. The zero-order valence-corrected chi connectivity index (χ0v) is 13.5. The summed E-state index contributed by atoms with van der Waals surface area (Å²) in [6, 6.07) is 4.78. The van der Waals surface area contributed by atoms with Crippen LogP contribution in [0.4, 0.5) is 0 Å². The summed E-state index contributed by atoms with van der Waals surface area (Å²) in [5.41, 5.74) is -1.07. The van der Waals surface area contributed by atoms with Gasteiger partial charge in [-0.3, -0.25) is 0 Å². The van der Waals surface area contributed by atoms with Crippen LogP contribution in [0.15, 0.2) is 24.3 Å². The van der Waals surface area contributed by atoms with Gasteiger partial charge >= 0.3 is 11.9 Å². The summed E-state index contributed by atoms with van der Waals surface area (Å²) >= 11 is 0. The van der Waals surface area contributed by atoms with Crippen molar-refractivity contribution in [2.75, 3.05) is 0 Å². The predicted octanol–water partition coefficient (Wildman–Crippen LogP) is -0.0431. The molecule has 1 fully saturated rings. The van der Waals surface area contributed by atoms with Crippen LogP contribution in [0.1, 0.15) is 24.0 Å². The average molecular weight is 352 g/mol. The number of phenolic OH excluding ortho intramolecular Hbond substituents is 1. The van der Waals surface area contributed by atoms with Crippen molar-refractivity contribution in [3.05, 3.63) is 35.4 Å². The minimum atomic E-state index is -2.28. The number of ether oxygens (including phenoxy) is 1. The largest absolute Gasteiger partial charge is 0.508 e. The smallest absolute Gasteiger partial charge is 0.335 e. The molecule has 1 aliphatic carbocycles. The number of benzene rings is 1. The lowest BCUT2D eigenvalue weighted by Gasteiger charge is -2.39. The summed E-state index contributed by atoms with van der Waals surface area (Å²) in [6.07, 6.45) is -3.09. The van der Waals surface area contributed by atoms with Crippen molar-refractivity contribution in [3.63, 3.8) is 0 Å². The minimum absolute atomic E-state index is 0.0628. The van der Waals surface area contributed by atoms with Gasteiger partial charge in [-0.1, -0.05) is 12.1 Å². The molecule has 1 aromatic carbocycles. The van der Waals surface area contributed by atoms with Gasteiger partial charge in [0, 0.05) is 18.9 Å². The van der Waals surface area contributed by atoms with Crippen LogP contribution in [0.25, 0.3) is 6.08 Å². The third-order valence-corrected chi connectivity index (χ3v) is 4.17. The standard InChI is InChI=1S/C17H20O8/c1-9-2-3-10(6-11(9)18)4-5-14(20)25-13-8-17(24,16(22)23)7-12(19)15(13)21/h2-6,12-13,15,18-19,21,24H,7-8H2,1H3,(H,22,23)/b5-4+/t12-,13-,15-,17+/m1/s1. The van der Waals surface area contributed by atoms with E-state index in [1.165, 1.54) is 12.1 Å². The SMILES string of the molecule is Cc1ccc(/C=C/C(=O)O[C@@H]2C[C@](O)(C(=O)O)C[C@@H](O)[C@H]2O)cc1O. The third-order valence-electron chi connectivity index (χ3n) is 4.17. The summed E-state index contributed by atoms with van der Waals surface area (Å²) in [5.74, 6) is -2.39. The van der Waals surface area contributed by atoms with E-state index >= 15 is 0 Å². The molecule has 2 rings (SSSR count). The molecule has 4 atom stereocenters. The van der Waals surface area contributed by atoms with Crippen molar-refractivity contribution >= 4 is 18.0 Å². The Kier molecular flexibility index (Phi) is 5.46. The number of aliphatic hydroxyl groups is 3. The number of aryl methyl sites for hydroxylation is 1. The first-order chi connectivity index (χ1) is 11.6. The van der Waals surface area contributed by atoms with E-state index in [1.807, 2.05) is 0 Å². The highest BCUT2D eigenvalue weighted by Crippen LogP contribution is 2.31. The number of aliphatic hydroxyl groups excluding tert-OH is 2. The van der Waals surface area contributed by atoms with E-state index in [2.05, 4.69) is 0 Å². The first kappa shape index (κ1) is 18.9. The second-order valence-electron chi connectivity index (χ2n) is 6.16. The molecule has 0 radical (unpaired) electrons. The van der Waals surface area contributed by atoms with Crippen molar-refractivity contribution in [2.45, 2.75) is 43.7 Å². The summed E-state index contributed by atoms with van der Waals surface area (Å²) in [7, 11) is 0. The molecular weight excluding hydrogens is 332 g/mol. The first-order valence-electron chi connectivity index (χ1n) is 7.62. The van der Waals surface area contributed by atoms with E-state index in [0.717, 1.165) is 6.08 Å². The average Bonchev–Trinajstić information content (AvgIpc) is 2.53. The van der Waals surface area contributed by atoms with Crippen LogP contribution in [0.3, 0.4) is 0 Å². The van der Waals surface area contributed by atoms with E-state index < -0.39 is 48.7 Å². The molecule has 0 aromatic heterocycles. The summed E-state index contributed by atoms with van der Waals surface area (Å²) in [6.45, 7) is 1.72. The van der Waals surface area contributed by atoms with Crippen molar-refractivity contribution in [1.29, 1.82) is 0 Å². The zero-order valence-electron chi connectivity index (χ0n) is 13.5. The molecule has 0 aliphatic heterocycles. The van der Waals surface area contributed by atoms with Crippen LogP contribution >= 0.6 is 0 Å². The highest BCUT2D eigenvalue weighted by Gasteiger charge is 2.50. The molecule has 25 heavy (non-hydrogen) atoms. The summed E-state index contributed by atoms with van der Waals surface area (Å²) < 4.78 is 4.97. The highest BCUT2D eigenvalue weighted by molar-refractivity contribution is 5.87. The van der Waals surface area contributed by atoms with E-state index in [9.17, 15) is 30.0 Å². The van der Waals surface area contributed by atoms with Crippen LogP contribution in [0, 0.1) is 6.92 Å². The topological polar surface area (TPSA) is 145 Å². The Bertz CT molecular complexity index is 698. The van der Waals surface area contributed by atoms with Crippen LogP contribution in [-0.4, -0.2) is 61.4 Å². The van der Waals surface area contributed by atoms with Gasteiger partial charge in [-0.15, -0.1) is 0 Å². The fourth-order valence-corrected chi connectivity index (χ4v) is 2.62. The van der Waals surface area contributed by atoms with E-state index in [4.69, 9.17) is 9.84 Å². The summed E-state index contributed by atoms with van der Waals surface area (Å²) in [5, 5.41) is 48.2. The monoisotopic (exact) mass is 352 g/mol. The Morgan fingerprint density at radius 2 is 1.96 bits per heavy atom. The number of phenols is 1. The normalized spacial score (nSPS) is 29.5. The lowest BCUT2D eigenvalue weighted by atomic mass is 9.79. The number of carbonyl (C=O) groups is 2. The van der Waals surface area contributed by atoms with Gasteiger partial charge in [0.25, 0.3) is 0 Å². The molecule has 0 bridgehead atoms. The number of rotatable bonds is 4. The van der Waals surface area contributed by atoms with Crippen LogP contribution < -0.4 is 0 Å². The summed E-state index contributed by atoms with van der Waals surface area (Å²) in [4.78, 5) is 23.0. The highest BCUT2D eigenvalue weighted by atomic mass is 16.6. The molecule has 136 valence electrons. The second kappa shape index (κ2) is 7.22. The first-order valence-corrected chi connectivity index (χ1v) is 7.62. The van der Waals surface area contributed by atoms with E-state index in [0.29, 0.717) is 11.1 Å². The molecular formula is C17H20O8. The minimum Gasteiger partial charge on any atom is -0.508 e. The maximum Gasteiger partial charge on any atom is 0.335 e. The molecule has 0 amide bonds.